The average Bonchev–Trinajstić information content (AvgIpc) is 2.78. The van der Waals surface area contributed by atoms with Crippen molar-refractivity contribution in [3.63, 3.8) is 0 Å². The topological polar surface area (TPSA) is 82.1 Å². The Morgan fingerprint density at radius 3 is 1.96 bits per heavy atom. The predicted octanol–water partition coefficient (Wildman–Crippen LogP) is 2.66. The van der Waals surface area contributed by atoms with Crippen LogP contribution >= 0.6 is 0 Å². The van der Waals surface area contributed by atoms with Gasteiger partial charge in [-0.3, -0.25) is 9.69 Å². The zero-order valence-electron chi connectivity index (χ0n) is 15.7. The van der Waals surface area contributed by atoms with Crippen LogP contribution in [0.25, 0.3) is 0 Å². The van der Waals surface area contributed by atoms with Crippen LogP contribution in [0.15, 0.2) is 0 Å². The third-order valence-corrected chi connectivity index (χ3v) is 3.42. The van der Waals surface area contributed by atoms with Gasteiger partial charge in [0.2, 0.25) is 0 Å². The number of rotatable bonds is 3. The van der Waals surface area contributed by atoms with Gasteiger partial charge in [-0.25, -0.2) is 9.59 Å². The molecule has 7 heteroatoms. The molecule has 0 radical (unpaired) electrons. The van der Waals surface area contributed by atoms with Gasteiger partial charge >= 0.3 is 18.0 Å². The molecule has 0 aliphatic carbocycles. The van der Waals surface area contributed by atoms with Gasteiger partial charge in [-0.15, -0.1) is 0 Å². The lowest BCUT2D eigenvalue weighted by molar-refractivity contribution is -0.161. The summed E-state index contributed by atoms with van der Waals surface area (Å²) < 4.78 is 15.5. The Kier molecular flexibility index (Phi) is 6.25. The Morgan fingerprint density at radius 2 is 1.50 bits per heavy atom. The van der Waals surface area contributed by atoms with E-state index in [-0.39, 0.29) is 6.42 Å². The molecule has 0 bridgehead atoms. The third kappa shape index (κ3) is 6.02. The average molecular weight is 343 g/mol. The maximum atomic E-state index is 12.6. The number of carbonyl (C=O) groups excluding carboxylic acids is 3. The fraction of sp³-hybridized carbons (Fsp3) is 0.824. The number of hydrogen-bond acceptors (Lipinski definition) is 6. The van der Waals surface area contributed by atoms with Gasteiger partial charge in [-0.05, 0) is 54.4 Å². The van der Waals surface area contributed by atoms with Crippen LogP contribution in [0.4, 0.5) is 4.79 Å². The standard InChI is InChI=1S/C17H29NO6/c1-16(2,3)23-14(20)12-9-8-11(10-13(19)22-7)18(12)15(21)24-17(4,5)6/h11-12H,8-10H2,1-7H3/t11?,12-/m0/s1. The molecular weight excluding hydrogens is 314 g/mol. The van der Waals surface area contributed by atoms with Crippen LogP contribution in [0.1, 0.15) is 60.8 Å². The molecule has 1 aliphatic heterocycles. The van der Waals surface area contributed by atoms with Crippen molar-refractivity contribution in [2.45, 2.75) is 84.1 Å². The summed E-state index contributed by atoms with van der Waals surface area (Å²) in [5.41, 5.74) is -1.36. The van der Waals surface area contributed by atoms with Crippen molar-refractivity contribution < 1.29 is 28.6 Å². The van der Waals surface area contributed by atoms with E-state index in [2.05, 4.69) is 4.74 Å². The number of esters is 2. The molecule has 0 aromatic heterocycles. The van der Waals surface area contributed by atoms with Gasteiger partial charge in [-0.2, -0.15) is 0 Å². The minimum Gasteiger partial charge on any atom is -0.469 e. The summed E-state index contributed by atoms with van der Waals surface area (Å²) in [4.78, 5) is 38.0. The van der Waals surface area contributed by atoms with E-state index in [1.165, 1.54) is 12.0 Å². The maximum Gasteiger partial charge on any atom is 0.411 e. The molecule has 0 aromatic carbocycles. The van der Waals surface area contributed by atoms with Crippen molar-refractivity contribution >= 4 is 18.0 Å². The number of methoxy groups -OCH3 is 1. The number of carbonyl (C=O) groups is 3. The lowest BCUT2D eigenvalue weighted by Crippen LogP contribution is -2.49. The lowest BCUT2D eigenvalue weighted by Gasteiger charge is -2.32. The molecule has 1 saturated heterocycles. The molecule has 1 heterocycles. The van der Waals surface area contributed by atoms with Gasteiger partial charge < -0.3 is 14.2 Å². The number of hydrogen-bond donors (Lipinski definition) is 0. The second-order valence-electron chi connectivity index (χ2n) is 7.95. The Bertz CT molecular complexity index is 488. The minimum absolute atomic E-state index is 0.0229. The van der Waals surface area contributed by atoms with Crippen LogP contribution in [0.2, 0.25) is 0 Å². The van der Waals surface area contributed by atoms with E-state index in [1.54, 1.807) is 41.5 Å². The fourth-order valence-electron chi connectivity index (χ4n) is 2.55. The first kappa shape index (κ1) is 20.3. The highest BCUT2D eigenvalue weighted by Crippen LogP contribution is 2.30. The van der Waals surface area contributed by atoms with Crippen LogP contribution < -0.4 is 0 Å². The Balaban J connectivity index is 2.99. The van der Waals surface area contributed by atoms with E-state index < -0.39 is 41.3 Å². The normalized spacial score (nSPS) is 21.4. The zero-order chi connectivity index (χ0) is 18.7. The van der Waals surface area contributed by atoms with Crippen LogP contribution in [0, 0.1) is 0 Å². The van der Waals surface area contributed by atoms with Crippen molar-refractivity contribution in [1.82, 2.24) is 4.90 Å². The molecule has 1 amide bonds. The van der Waals surface area contributed by atoms with Crippen molar-refractivity contribution in [3.8, 4) is 0 Å². The van der Waals surface area contributed by atoms with Gasteiger partial charge in [0.15, 0.2) is 0 Å². The molecule has 1 rings (SSSR count). The first-order valence-electron chi connectivity index (χ1n) is 8.15. The molecule has 0 spiro atoms. The Morgan fingerprint density at radius 1 is 0.958 bits per heavy atom. The highest BCUT2D eigenvalue weighted by Gasteiger charge is 2.45. The summed E-state index contributed by atoms with van der Waals surface area (Å²) >= 11 is 0. The van der Waals surface area contributed by atoms with E-state index in [4.69, 9.17) is 9.47 Å². The Labute approximate surface area is 143 Å². The summed E-state index contributed by atoms with van der Waals surface area (Å²) in [6.45, 7) is 10.5. The molecule has 0 saturated carbocycles. The predicted molar refractivity (Wildman–Crippen MR) is 87.4 cm³/mol. The number of amides is 1. The monoisotopic (exact) mass is 343 g/mol. The molecule has 2 atom stereocenters. The van der Waals surface area contributed by atoms with Crippen molar-refractivity contribution in [1.29, 1.82) is 0 Å². The summed E-state index contributed by atoms with van der Waals surface area (Å²) in [6, 6.07) is -1.20. The van der Waals surface area contributed by atoms with E-state index in [0.29, 0.717) is 12.8 Å². The summed E-state index contributed by atoms with van der Waals surface area (Å²) in [7, 11) is 1.29. The molecule has 1 aliphatic rings. The first-order valence-corrected chi connectivity index (χ1v) is 8.15. The molecule has 24 heavy (non-hydrogen) atoms. The van der Waals surface area contributed by atoms with Crippen LogP contribution in [-0.2, 0) is 23.8 Å². The smallest absolute Gasteiger partial charge is 0.411 e. The van der Waals surface area contributed by atoms with Crippen LogP contribution in [-0.4, -0.2) is 53.3 Å². The molecule has 0 aromatic rings. The quantitative estimate of drug-likeness (QED) is 0.579. The summed E-state index contributed by atoms with van der Waals surface area (Å²) in [5, 5.41) is 0. The number of nitrogens with zero attached hydrogens (tertiary/aromatic N) is 1. The van der Waals surface area contributed by atoms with E-state index in [9.17, 15) is 14.4 Å². The second kappa shape index (κ2) is 7.40. The molecule has 7 nitrogen and oxygen atoms in total. The summed E-state index contributed by atoms with van der Waals surface area (Å²) in [6.07, 6.45) is 0.341. The fourth-order valence-corrected chi connectivity index (χ4v) is 2.55. The molecule has 0 N–H and O–H groups in total. The van der Waals surface area contributed by atoms with Gasteiger partial charge in [0.05, 0.1) is 13.5 Å². The van der Waals surface area contributed by atoms with Gasteiger partial charge in [-0.1, -0.05) is 0 Å². The second-order valence-corrected chi connectivity index (χ2v) is 7.95. The van der Waals surface area contributed by atoms with Crippen LogP contribution in [0.3, 0.4) is 0 Å². The molecular formula is C17H29NO6. The Hall–Kier alpha value is -1.79. The highest BCUT2D eigenvalue weighted by atomic mass is 16.6. The largest absolute Gasteiger partial charge is 0.469 e. The van der Waals surface area contributed by atoms with Crippen molar-refractivity contribution in [2.24, 2.45) is 0 Å². The number of likely N-dealkylation sites (tertiary alicyclic amines) is 1. The van der Waals surface area contributed by atoms with Crippen LogP contribution in [0.5, 0.6) is 0 Å². The highest BCUT2D eigenvalue weighted by molar-refractivity contribution is 5.83. The van der Waals surface area contributed by atoms with Crippen molar-refractivity contribution in [3.05, 3.63) is 0 Å². The van der Waals surface area contributed by atoms with Gasteiger partial charge in [0.25, 0.3) is 0 Å². The third-order valence-electron chi connectivity index (χ3n) is 3.42. The van der Waals surface area contributed by atoms with Crippen molar-refractivity contribution in [2.75, 3.05) is 7.11 Å². The van der Waals surface area contributed by atoms with E-state index in [1.807, 2.05) is 0 Å². The SMILES string of the molecule is COC(=O)CC1CC[C@@H](C(=O)OC(C)(C)C)N1C(=O)OC(C)(C)C. The van der Waals surface area contributed by atoms with E-state index in [0.717, 1.165) is 0 Å². The maximum absolute atomic E-state index is 12.6. The molecule has 1 unspecified atom stereocenters. The van der Waals surface area contributed by atoms with Gasteiger partial charge in [0.1, 0.15) is 17.2 Å². The first-order chi connectivity index (χ1) is 10.8. The zero-order valence-corrected chi connectivity index (χ0v) is 15.7. The summed E-state index contributed by atoms with van der Waals surface area (Å²) in [5.74, 6) is -0.917. The molecule has 138 valence electrons. The van der Waals surface area contributed by atoms with E-state index >= 15 is 0 Å². The minimum atomic E-state index is -0.756. The lowest BCUT2D eigenvalue weighted by atomic mass is 10.1. The molecule has 1 fully saturated rings. The van der Waals surface area contributed by atoms with Gasteiger partial charge in [0, 0.05) is 6.04 Å². The number of ether oxygens (including phenoxy) is 3.